The minimum atomic E-state index is 0.249. The first-order chi connectivity index (χ1) is 8.87. The third-order valence-corrected chi connectivity index (χ3v) is 3.79. The molecule has 0 atom stereocenters. The van der Waals surface area contributed by atoms with Crippen LogP contribution in [0.4, 0.5) is 0 Å². The fraction of sp³-hybridized carbons (Fsp3) is 0.800. The van der Waals surface area contributed by atoms with E-state index in [2.05, 4.69) is 55.3 Å². The van der Waals surface area contributed by atoms with Gasteiger partial charge in [-0.2, -0.15) is 0 Å². The van der Waals surface area contributed by atoms with E-state index in [0.717, 1.165) is 24.6 Å². The number of unbranched alkanes of at least 4 members (excludes halogenated alkanes) is 2. The molecule has 1 N–H and O–H groups in total. The zero-order valence-corrected chi connectivity index (χ0v) is 13.9. The number of nitrogens with one attached hydrogen (secondary N) is 1. The Morgan fingerprint density at radius 3 is 2.58 bits per heavy atom. The molecule has 4 heteroatoms. The predicted octanol–water partition coefficient (Wildman–Crippen LogP) is 3.44. The smallest absolute Gasteiger partial charge is 0.0897 e. The van der Waals surface area contributed by atoms with E-state index in [1.807, 2.05) is 0 Å². The van der Waals surface area contributed by atoms with Gasteiger partial charge < -0.3 is 10.2 Å². The van der Waals surface area contributed by atoms with Crippen LogP contribution in [0.25, 0.3) is 0 Å². The largest absolute Gasteiger partial charge is 0.312 e. The summed E-state index contributed by atoms with van der Waals surface area (Å²) < 4.78 is 0. The SMILES string of the molecule is Cc1nc(CN(C)CCCCCNC(C)(C)C)cs1. The number of hydrogen-bond acceptors (Lipinski definition) is 4. The Labute approximate surface area is 122 Å². The molecule has 0 saturated carbocycles. The molecule has 0 unspecified atom stereocenters. The first-order valence-corrected chi connectivity index (χ1v) is 8.09. The summed E-state index contributed by atoms with van der Waals surface area (Å²) in [6.45, 7) is 12.0. The van der Waals surface area contributed by atoms with Gasteiger partial charge in [-0.25, -0.2) is 4.98 Å². The van der Waals surface area contributed by atoms with E-state index in [1.165, 1.54) is 25.0 Å². The topological polar surface area (TPSA) is 28.2 Å². The van der Waals surface area contributed by atoms with Crippen molar-refractivity contribution in [3.8, 4) is 0 Å². The van der Waals surface area contributed by atoms with Crippen LogP contribution >= 0.6 is 11.3 Å². The van der Waals surface area contributed by atoms with E-state index >= 15 is 0 Å². The maximum atomic E-state index is 4.50. The third kappa shape index (κ3) is 8.35. The Hall–Kier alpha value is -0.450. The molecule has 0 radical (unpaired) electrons. The Bertz CT molecular complexity index is 355. The zero-order valence-electron chi connectivity index (χ0n) is 13.1. The highest BCUT2D eigenvalue weighted by molar-refractivity contribution is 7.09. The number of thiazole rings is 1. The lowest BCUT2D eigenvalue weighted by Crippen LogP contribution is -2.36. The van der Waals surface area contributed by atoms with E-state index in [4.69, 9.17) is 0 Å². The lowest BCUT2D eigenvalue weighted by atomic mass is 10.1. The molecular formula is C15H29N3S. The molecule has 0 bridgehead atoms. The lowest BCUT2D eigenvalue weighted by molar-refractivity contribution is 0.312. The van der Waals surface area contributed by atoms with Gasteiger partial charge in [0.25, 0.3) is 0 Å². The number of aromatic nitrogens is 1. The monoisotopic (exact) mass is 283 g/mol. The van der Waals surface area contributed by atoms with E-state index in [-0.39, 0.29) is 5.54 Å². The molecule has 110 valence electrons. The zero-order chi connectivity index (χ0) is 14.3. The van der Waals surface area contributed by atoms with Crippen LogP contribution in [-0.4, -0.2) is 35.6 Å². The summed E-state index contributed by atoms with van der Waals surface area (Å²) in [5, 5.41) is 6.86. The molecule has 0 aromatic carbocycles. The molecular weight excluding hydrogens is 254 g/mol. The molecule has 0 aliphatic rings. The Morgan fingerprint density at radius 1 is 1.26 bits per heavy atom. The van der Waals surface area contributed by atoms with Crippen LogP contribution < -0.4 is 5.32 Å². The summed E-state index contributed by atoms with van der Waals surface area (Å²) in [5.74, 6) is 0. The van der Waals surface area contributed by atoms with Crippen molar-refractivity contribution in [2.75, 3.05) is 20.1 Å². The molecule has 1 heterocycles. The van der Waals surface area contributed by atoms with Crippen molar-refractivity contribution in [2.45, 2.75) is 59.0 Å². The van der Waals surface area contributed by atoms with Crippen LogP contribution in [0.1, 0.15) is 50.7 Å². The predicted molar refractivity (Wildman–Crippen MR) is 84.8 cm³/mol. The minimum Gasteiger partial charge on any atom is -0.312 e. The first-order valence-electron chi connectivity index (χ1n) is 7.21. The highest BCUT2D eigenvalue weighted by Gasteiger charge is 2.07. The second kappa shape index (κ2) is 7.98. The molecule has 1 rings (SSSR count). The van der Waals surface area contributed by atoms with Crippen molar-refractivity contribution >= 4 is 11.3 Å². The van der Waals surface area contributed by atoms with Crippen molar-refractivity contribution in [3.05, 3.63) is 16.1 Å². The molecule has 0 saturated heterocycles. The second-order valence-corrected chi connectivity index (χ2v) is 7.40. The average molecular weight is 283 g/mol. The number of rotatable bonds is 8. The molecule has 0 fully saturated rings. The van der Waals surface area contributed by atoms with Crippen LogP contribution in [-0.2, 0) is 6.54 Å². The van der Waals surface area contributed by atoms with Gasteiger partial charge in [-0.1, -0.05) is 6.42 Å². The summed E-state index contributed by atoms with van der Waals surface area (Å²) >= 11 is 1.74. The van der Waals surface area contributed by atoms with Gasteiger partial charge in [-0.15, -0.1) is 11.3 Å². The maximum Gasteiger partial charge on any atom is 0.0897 e. The molecule has 0 spiro atoms. The molecule has 0 aliphatic heterocycles. The van der Waals surface area contributed by atoms with Crippen LogP contribution in [0.5, 0.6) is 0 Å². The van der Waals surface area contributed by atoms with Crippen molar-refractivity contribution in [3.63, 3.8) is 0 Å². The van der Waals surface area contributed by atoms with Crippen LogP contribution in [0.15, 0.2) is 5.38 Å². The Kier molecular flexibility index (Phi) is 6.97. The number of nitrogens with zero attached hydrogens (tertiary/aromatic N) is 2. The van der Waals surface area contributed by atoms with E-state index in [1.54, 1.807) is 11.3 Å². The minimum absolute atomic E-state index is 0.249. The molecule has 0 aliphatic carbocycles. The molecule has 1 aromatic heterocycles. The molecule has 3 nitrogen and oxygen atoms in total. The molecule has 19 heavy (non-hydrogen) atoms. The van der Waals surface area contributed by atoms with Crippen molar-refractivity contribution in [1.29, 1.82) is 0 Å². The quantitative estimate of drug-likeness (QED) is 0.741. The average Bonchev–Trinajstić information content (AvgIpc) is 2.67. The third-order valence-electron chi connectivity index (χ3n) is 2.97. The van der Waals surface area contributed by atoms with Crippen molar-refractivity contribution < 1.29 is 0 Å². The summed E-state index contributed by atoms with van der Waals surface area (Å²) in [7, 11) is 2.18. The summed E-state index contributed by atoms with van der Waals surface area (Å²) in [5.41, 5.74) is 1.46. The van der Waals surface area contributed by atoms with Crippen LogP contribution in [0.3, 0.4) is 0 Å². The van der Waals surface area contributed by atoms with Gasteiger partial charge in [0, 0.05) is 17.5 Å². The normalized spacial score (nSPS) is 12.3. The van der Waals surface area contributed by atoms with Crippen LogP contribution in [0.2, 0.25) is 0 Å². The Morgan fingerprint density at radius 2 is 2.00 bits per heavy atom. The lowest BCUT2D eigenvalue weighted by Gasteiger charge is -2.20. The summed E-state index contributed by atoms with van der Waals surface area (Å²) in [6.07, 6.45) is 3.83. The molecule has 1 aromatic rings. The van der Waals surface area contributed by atoms with E-state index < -0.39 is 0 Å². The van der Waals surface area contributed by atoms with Gasteiger partial charge in [0.2, 0.25) is 0 Å². The number of hydrogen-bond donors (Lipinski definition) is 1. The first kappa shape index (κ1) is 16.6. The number of aryl methyl sites for hydroxylation is 1. The van der Waals surface area contributed by atoms with Gasteiger partial charge in [0.15, 0.2) is 0 Å². The van der Waals surface area contributed by atoms with Crippen LogP contribution in [0, 0.1) is 6.92 Å². The highest BCUT2D eigenvalue weighted by atomic mass is 32.1. The fourth-order valence-electron chi connectivity index (χ4n) is 1.98. The summed E-state index contributed by atoms with van der Waals surface area (Å²) in [4.78, 5) is 6.87. The van der Waals surface area contributed by atoms with Gasteiger partial charge in [0.1, 0.15) is 0 Å². The Balaban J connectivity index is 2.03. The van der Waals surface area contributed by atoms with E-state index in [9.17, 15) is 0 Å². The second-order valence-electron chi connectivity index (χ2n) is 6.33. The van der Waals surface area contributed by atoms with Gasteiger partial charge >= 0.3 is 0 Å². The fourth-order valence-corrected chi connectivity index (χ4v) is 2.59. The summed E-state index contributed by atoms with van der Waals surface area (Å²) in [6, 6.07) is 0. The highest BCUT2D eigenvalue weighted by Crippen LogP contribution is 2.10. The maximum absolute atomic E-state index is 4.50. The van der Waals surface area contributed by atoms with E-state index in [0.29, 0.717) is 0 Å². The van der Waals surface area contributed by atoms with Crippen molar-refractivity contribution in [1.82, 2.24) is 15.2 Å². The van der Waals surface area contributed by atoms with Gasteiger partial charge in [-0.05, 0) is 60.7 Å². The molecule has 0 amide bonds. The van der Waals surface area contributed by atoms with Gasteiger partial charge in [0.05, 0.1) is 10.7 Å². The standard InChI is InChI=1S/C15H29N3S/c1-13-17-14(12-19-13)11-18(5)10-8-6-7-9-16-15(2,3)4/h12,16H,6-11H2,1-5H3. The van der Waals surface area contributed by atoms with Gasteiger partial charge in [-0.3, -0.25) is 0 Å². The van der Waals surface area contributed by atoms with Crippen molar-refractivity contribution in [2.24, 2.45) is 0 Å².